The fourth-order valence-corrected chi connectivity index (χ4v) is 3.73. The van der Waals surface area contributed by atoms with Gasteiger partial charge in [0.25, 0.3) is 0 Å². The molecule has 0 radical (unpaired) electrons. The first kappa shape index (κ1) is 15.5. The summed E-state index contributed by atoms with van der Waals surface area (Å²) in [6.45, 7) is 0.259. The maximum atomic E-state index is 13.3. The molecule has 2 atom stereocenters. The van der Waals surface area contributed by atoms with Crippen LogP contribution in [0.1, 0.15) is 43.6 Å². The number of hydrogen-bond acceptors (Lipinski definition) is 2. The van der Waals surface area contributed by atoms with Crippen LogP contribution < -0.4 is 0 Å². The van der Waals surface area contributed by atoms with E-state index in [1.807, 2.05) is 18.0 Å². The number of aliphatic hydroxyl groups is 1. The highest BCUT2D eigenvalue weighted by atomic mass is 19.1. The lowest BCUT2D eigenvalue weighted by Gasteiger charge is -2.34. The second kappa shape index (κ2) is 6.37. The molecule has 2 aliphatic carbocycles. The van der Waals surface area contributed by atoms with Crippen molar-refractivity contribution in [2.45, 2.75) is 44.1 Å². The van der Waals surface area contributed by atoms with E-state index in [9.17, 15) is 14.3 Å². The van der Waals surface area contributed by atoms with Crippen molar-refractivity contribution in [3.05, 3.63) is 35.6 Å². The monoisotopic (exact) mass is 305 g/mol. The predicted molar refractivity (Wildman–Crippen MR) is 82.8 cm³/mol. The summed E-state index contributed by atoms with van der Waals surface area (Å²) in [5.74, 6) is 0.565. The average molecular weight is 305 g/mol. The number of aliphatic hydroxyl groups excluding tert-OH is 1. The van der Waals surface area contributed by atoms with Gasteiger partial charge in [0.2, 0.25) is 5.91 Å². The minimum absolute atomic E-state index is 0.0161. The van der Waals surface area contributed by atoms with Crippen molar-refractivity contribution >= 4 is 5.91 Å². The van der Waals surface area contributed by atoms with Crippen LogP contribution in [-0.2, 0) is 4.79 Å². The predicted octanol–water partition coefficient (Wildman–Crippen LogP) is 2.94. The third-order valence-corrected chi connectivity index (χ3v) is 5.35. The molecule has 22 heavy (non-hydrogen) atoms. The van der Waals surface area contributed by atoms with E-state index < -0.39 is 0 Å². The normalized spacial score (nSPS) is 30.9. The van der Waals surface area contributed by atoms with E-state index in [4.69, 9.17) is 0 Å². The van der Waals surface area contributed by atoms with Gasteiger partial charge in [0.05, 0.1) is 0 Å². The Morgan fingerprint density at radius 2 is 2.05 bits per heavy atom. The van der Waals surface area contributed by atoms with E-state index in [0.717, 1.165) is 37.7 Å². The van der Waals surface area contributed by atoms with Gasteiger partial charge in [0, 0.05) is 25.6 Å². The molecule has 1 N–H and O–H groups in total. The van der Waals surface area contributed by atoms with Crippen LogP contribution in [0.25, 0.3) is 0 Å². The highest BCUT2D eigenvalue weighted by Gasteiger charge is 2.46. The Morgan fingerprint density at radius 1 is 1.32 bits per heavy atom. The maximum Gasteiger partial charge on any atom is 0.226 e. The molecule has 3 rings (SSSR count). The zero-order chi connectivity index (χ0) is 15.7. The van der Waals surface area contributed by atoms with Gasteiger partial charge >= 0.3 is 0 Å². The lowest BCUT2D eigenvalue weighted by atomic mass is 9.86. The number of carbonyl (C=O) groups is 1. The minimum atomic E-state index is -0.230. The average Bonchev–Trinajstić information content (AvgIpc) is 3.34. The molecule has 3 nitrogen and oxygen atoms in total. The molecular weight excluding hydrogens is 281 g/mol. The van der Waals surface area contributed by atoms with Crippen LogP contribution in [0.5, 0.6) is 0 Å². The van der Waals surface area contributed by atoms with Crippen LogP contribution in [0.3, 0.4) is 0 Å². The van der Waals surface area contributed by atoms with E-state index in [1.54, 1.807) is 12.1 Å². The summed E-state index contributed by atoms with van der Waals surface area (Å²) in [7, 11) is 1.90. The third-order valence-electron chi connectivity index (χ3n) is 5.35. The first-order chi connectivity index (χ1) is 10.6. The third kappa shape index (κ3) is 3.17. The molecule has 2 unspecified atom stereocenters. The van der Waals surface area contributed by atoms with Crippen molar-refractivity contribution in [3.63, 3.8) is 0 Å². The van der Waals surface area contributed by atoms with Gasteiger partial charge in [-0.2, -0.15) is 0 Å². The highest BCUT2D eigenvalue weighted by Crippen LogP contribution is 2.49. The maximum absolute atomic E-state index is 13.3. The van der Waals surface area contributed by atoms with Gasteiger partial charge in [-0.15, -0.1) is 0 Å². The largest absolute Gasteiger partial charge is 0.396 e. The Morgan fingerprint density at radius 3 is 2.68 bits per heavy atom. The molecule has 1 aromatic carbocycles. The molecule has 0 aromatic heterocycles. The molecule has 0 heterocycles. The summed E-state index contributed by atoms with van der Waals surface area (Å²) in [5, 5.41) is 9.20. The molecule has 1 aromatic rings. The van der Waals surface area contributed by atoms with Crippen molar-refractivity contribution in [1.29, 1.82) is 0 Å². The van der Waals surface area contributed by atoms with Crippen molar-refractivity contribution in [2.24, 2.45) is 11.8 Å². The van der Waals surface area contributed by atoms with E-state index in [1.165, 1.54) is 6.07 Å². The smallest absolute Gasteiger partial charge is 0.226 e. The Bertz CT molecular complexity index is 540. The fraction of sp³-hybridized carbons (Fsp3) is 0.611. The minimum Gasteiger partial charge on any atom is -0.396 e. The number of carbonyl (C=O) groups excluding carboxylic acids is 1. The molecule has 2 saturated carbocycles. The molecule has 0 aliphatic heterocycles. The molecule has 1 amide bonds. The number of halogens is 1. The van der Waals surface area contributed by atoms with Crippen LogP contribution in [-0.4, -0.2) is 35.6 Å². The van der Waals surface area contributed by atoms with Crippen LogP contribution in [0.4, 0.5) is 4.39 Å². The van der Waals surface area contributed by atoms with Gasteiger partial charge in [-0.25, -0.2) is 4.39 Å². The van der Waals surface area contributed by atoms with Gasteiger partial charge in [0.15, 0.2) is 0 Å². The SMILES string of the molecule is CN(C(=O)C1CC1c1cccc(F)c1)C1CCC(CO)CC1. The van der Waals surface area contributed by atoms with E-state index >= 15 is 0 Å². The van der Waals surface area contributed by atoms with Crippen molar-refractivity contribution in [2.75, 3.05) is 13.7 Å². The van der Waals surface area contributed by atoms with Crippen molar-refractivity contribution in [3.8, 4) is 0 Å². The summed E-state index contributed by atoms with van der Waals surface area (Å²) < 4.78 is 13.3. The second-order valence-electron chi connectivity index (χ2n) is 6.81. The molecule has 0 saturated heterocycles. The van der Waals surface area contributed by atoms with E-state index in [0.29, 0.717) is 12.0 Å². The Labute approximate surface area is 131 Å². The summed E-state index contributed by atoms with van der Waals surface area (Å²) >= 11 is 0. The highest BCUT2D eigenvalue weighted by molar-refractivity contribution is 5.83. The first-order valence-electron chi connectivity index (χ1n) is 8.23. The van der Waals surface area contributed by atoms with Crippen LogP contribution >= 0.6 is 0 Å². The second-order valence-corrected chi connectivity index (χ2v) is 6.81. The molecule has 120 valence electrons. The standard InChI is InChI=1S/C18H24FNO2/c1-20(15-7-5-12(11-21)6-8-15)18(22)17-10-16(17)13-3-2-4-14(19)9-13/h2-4,9,12,15-17,21H,5-8,10-11H2,1H3. The van der Waals surface area contributed by atoms with Crippen LogP contribution in [0, 0.1) is 17.7 Å². The van der Waals surface area contributed by atoms with Gasteiger partial charge in [-0.3, -0.25) is 4.79 Å². The zero-order valence-electron chi connectivity index (χ0n) is 13.0. The van der Waals surface area contributed by atoms with Crippen molar-refractivity contribution < 1.29 is 14.3 Å². The quantitative estimate of drug-likeness (QED) is 0.929. The van der Waals surface area contributed by atoms with E-state index in [-0.39, 0.29) is 30.2 Å². The lowest BCUT2D eigenvalue weighted by Crippen LogP contribution is -2.40. The number of amides is 1. The number of nitrogens with zero attached hydrogens (tertiary/aromatic N) is 1. The van der Waals surface area contributed by atoms with E-state index in [2.05, 4.69) is 0 Å². The van der Waals surface area contributed by atoms with Gasteiger partial charge in [-0.05, 0) is 61.6 Å². The van der Waals surface area contributed by atoms with Crippen molar-refractivity contribution in [1.82, 2.24) is 4.90 Å². The number of hydrogen-bond donors (Lipinski definition) is 1. The molecular formula is C18H24FNO2. The number of benzene rings is 1. The summed E-state index contributed by atoms with van der Waals surface area (Å²) in [4.78, 5) is 14.5. The zero-order valence-corrected chi connectivity index (χ0v) is 13.0. The fourth-order valence-electron chi connectivity index (χ4n) is 3.73. The first-order valence-corrected chi connectivity index (χ1v) is 8.23. The summed E-state index contributed by atoms with van der Waals surface area (Å²) in [6.07, 6.45) is 4.78. The van der Waals surface area contributed by atoms with Gasteiger partial charge in [0.1, 0.15) is 5.82 Å². The molecule has 2 fully saturated rings. The van der Waals surface area contributed by atoms with Crippen LogP contribution in [0.15, 0.2) is 24.3 Å². The molecule has 2 aliphatic rings. The van der Waals surface area contributed by atoms with Gasteiger partial charge < -0.3 is 10.0 Å². The Hall–Kier alpha value is -1.42. The molecule has 4 heteroatoms. The summed E-state index contributed by atoms with van der Waals surface area (Å²) in [6, 6.07) is 6.90. The lowest BCUT2D eigenvalue weighted by molar-refractivity contribution is -0.134. The Balaban J connectivity index is 1.56. The molecule has 0 bridgehead atoms. The Kier molecular flexibility index (Phi) is 4.48. The summed E-state index contributed by atoms with van der Waals surface area (Å²) in [5.41, 5.74) is 0.940. The van der Waals surface area contributed by atoms with Gasteiger partial charge in [-0.1, -0.05) is 12.1 Å². The number of rotatable bonds is 4. The topological polar surface area (TPSA) is 40.5 Å². The van der Waals surface area contributed by atoms with Crippen LogP contribution in [0.2, 0.25) is 0 Å². The molecule has 0 spiro atoms.